The van der Waals surface area contributed by atoms with Gasteiger partial charge in [-0.2, -0.15) is 0 Å². The minimum atomic E-state index is -0.355. The number of hydrogen-bond donors (Lipinski definition) is 1. The van der Waals surface area contributed by atoms with Crippen LogP contribution in [-0.2, 0) is 0 Å². The van der Waals surface area contributed by atoms with Crippen LogP contribution >= 0.6 is 0 Å². The molecule has 0 spiro atoms. The number of halogens is 1. The Balaban J connectivity index is 2.37. The van der Waals surface area contributed by atoms with Gasteiger partial charge < -0.3 is 4.98 Å². The topological polar surface area (TPSA) is 32.9 Å². The Kier molecular flexibility index (Phi) is 1.69. The zero-order chi connectivity index (χ0) is 10.4. The molecule has 0 radical (unpaired) electrons. The molecule has 0 saturated heterocycles. The first-order valence-electron chi connectivity index (χ1n) is 5.07. The van der Waals surface area contributed by atoms with Gasteiger partial charge in [0.15, 0.2) is 5.43 Å². The van der Waals surface area contributed by atoms with Crippen molar-refractivity contribution in [2.24, 2.45) is 0 Å². The molecule has 0 amide bonds. The summed E-state index contributed by atoms with van der Waals surface area (Å²) in [5, 5.41) is 0.430. The van der Waals surface area contributed by atoms with Crippen molar-refractivity contribution in [3.8, 4) is 0 Å². The van der Waals surface area contributed by atoms with E-state index < -0.39 is 0 Å². The van der Waals surface area contributed by atoms with Gasteiger partial charge in [-0.1, -0.05) is 6.07 Å². The molecule has 1 aromatic carbocycles. The number of rotatable bonds is 1. The smallest absolute Gasteiger partial charge is 0.189 e. The second-order valence-electron chi connectivity index (χ2n) is 4.03. The van der Waals surface area contributed by atoms with Crippen LogP contribution in [0.2, 0.25) is 0 Å². The Morgan fingerprint density at radius 2 is 2.13 bits per heavy atom. The summed E-state index contributed by atoms with van der Waals surface area (Å²) in [5.74, 6) is 0.0776. The lowest BCUT2D eigenvalue weighted by molar-refractivity contribution is 0.636. The summed E-state index contributed by atoms with van der Waals surface area (Å²) in [6.45, 7) is 0. The highest BCUT2D eigenvalue weighted by Crippen LogP contribution is 2.38. The van der Waals surface area contributed by atoms with Crippen molar-refractivity contribution in [3.63, 3.8) is 0 Å². The summed E-state index contributed by atoms with van der Waals surface area (Å²) in [4.78, 5) is 14.7. The summed E-state index contributed by atoms with van der Waals surface area (Å²) in [6.07, 6.45) is 2.19. The molecule has 1 N–H and O–H groups in total. The third kappa shape index (κ3) is 1.35. The standard InChI is InChI=1S/C12H10FNO/c13-9-3-1-2-8-11(15)6-10(7-4-5-7)14-12(8)9/h1-3,6-7H,4-5H2,(H,14,15). The van der Waals surface area contributed by atoms with Gasteiger partial charge in [-0.05, 0) is 30.9 Å². The molecule has 1 fully saturated rings. The van der Waals surface area contributed by atoms with Gasteiger partial charge in [-0.25, -0.2) is 4.39 Å². The maximum atomic E-state index is 13.5. The lowest BCUT2D eigenvalue weighted by Gasteiger charge is -2.03. The monoisotopic (exact) mass is 203 g/mol. The van der Waals surface area contributed by atoms with E-state index in [1.807, 2.05) is 0 Å². The molecule has 0 atom stereocenters. The van der Waals surface area contributed by atoms with E-state index in [-0.39, 0.29) is 11.2 Å². The average molecular weight is 203 g/mol. The highest BCUT2D eigenvalue weighted by molar-refractivity contribution is 5.79. The number of pyridine rings is 1. The lowest BCUT2D eigenvalue weighted by atomic mass is 10.1. The first-order chi connectivity index (χ1) is 7.25. The van der Waals surface area contributed by atoms with E-state index in [1.54, 1.807) is 18.2 Å². The number of para-hydroxylation sites is 1. The van der Waals surface area contributed by atoms with Gasteiger partial charge in [0.2, 0.25) is 0 Å². The van der Waals surface area contributed by atoms with Crippen LogP contribution in [0.1, 0.15) is 24.5 Å². The fourth-order valence-corrected chi connectivity index (χ4v) is 1.87. The maximum Gasteiger partial charge on any atom is 0.189 e. The largest absolute Gasteiger partial charge is 0.356 e. The van der Waals surface area contributed by atoms with Crippen molar-refractivity contribution in [3.05, 3.63) is 46.0 Å². The second-order valence-corrected chi connectivity index (χ2v) is 4.03. The quantitative estimate of drug-likeness (QED) is 0.759. The van der Waals surface area contributed by atoms with Crippen LogP contribution in [0.5, 0.6) is 0 Å². The van der Waals surface area contributed by atoms with E-state index in [9.17, 15) is 9.18 Å². The molecular formula is C12H10FNO. The van der Waals surface area contributed by atoms with Crippen LogP contribution in [0, 0.1) is 5.82 Å². The maximum absolute atomic E-state index is 13.5. The van der Waals surface area contributed by atoms with Gasteiger partial charge in [0.1, 0.15) is 5.82 Å². The normalized spacial score (nSPS) is 15.8. The third-order valence-electron chi connectivity index (χ3n) is 2.85. The molecule has 1 aromatic heterocycles. The van der Waals surface area contributed by atoms with E-state index in [0.717, 1.165) is 18.5 Å². The molecule has 76 valence electrons. The number of aromatic amines is 1. The minimum Gasteiger partial charge on any atom is -0.356 e. The minimum absolute atomic E-state index is 0.0925. The zero-order valence-corrected chi connectivity index (χ0v) is 8.09. The molecule has 1 saturated carbocycles. The first-order valence-corrected chi connectivity index (χ1v) is 5.07. The second kappa shape index (κ2) is 2.92. The summed E-state index contributed by atoms with van der Waals surface area (Å²) >= 11 is 0. The summed E-state index contributed by atoms with van der Waals surface area (Å²) < 4.78 is 13.5. The van der Waals surface area contributed by atoms with Crippen molar-refractivity contribution in [1.82, 2.24) is 4.98 Å². The molecule has 15 heavy (non-hydrogen) atoms. The van der Waals surface area contributed by atoms with Crippen LogP contribution in [0.3, 0.4) is 0 Å². The number of hydrogen-bond acceptors (Lipinski definition) is 1. The molecule has 0 aliphatic heterocycles. The zero-order valence-electron chi connectivity index (χ0n) is 8.09. The molecule has 1 aliphatic carbocycles. The van der Waals surface area contributed by atoms with Gasteiger partial charge in [-0.15, -0.1) is 0 Å². The molecule has 1 aliphatic rings. The van der Waals surface area contributed by atoms with Crippen LogP contribution in [-0.4, -0.2) is 4.98 Å². The Bertz CT molecular complexity index is 584. The van der Waals surface area contributed by atoms with Gasteiger partial charge in [-0.3, -0.25) is 4.79 Å². The van der Waals surface area contributed by atoms with E-state index in [1.165, 1.54) is 6.07 Å². The predicted octanol–water partition coefficient (Wildman–Crippen LogP) is 2.54. The van der Waals surface area contributed by atoms with E-state index in [0.29, 0.717) is 16.8 Å². The molecule has 3 rings (SSSR count). The van der Waals surface area contributed by atoms with Gasteiger partial charge in [0.05, 0.1) is 5.52 Å². The van der Waals surface area contributed by atoms with Gasteiger partial charge >= 0.3 is 0 Å². The van der Waals surface area contributed by atoms with Crippen LogP contribution < -0.4 is 5.43 Å². The average Bonchev–Trinajstić information content (AvgIpc) is 3.02. The van der Waals surface area contributed by atoms with E-state index in [4.69, 9.17) is 0 Å². The highest BCUT2D eigenvalue weighted by atomic mass is 19.1. The number of fused-ring (bicyclic) bond motifs is 1. The van der Waals surface area contributed by atoms with Crippen LogP contribution in [0.15, 0.2) is 29.1 Å². The molecule has 0 unspecified atom stereocenters. The van der Waals surface area contributed by atoms with Crippen molar-refractivity contribution in [2.75, 3.05) is 0 Å². The summed E-state index contributed by atoms with van der Waals surface area (Å²) in [7, 11) is 0. The first kappa shape index (κ1) is 8.65. The summed E-state index contributed by atoms with van der Waals surface area (Å²) in [5.41, 5.74) is 1.12. The Morgan fingerprint density at radius 1 is 1.33 bits per heavy atom. The van der Waals surface area contributed by atoms with Crippen molar-refractivity contribution in [2.45, 2.75) is 18.8 Å². The van der Waals surface area contributed by atoms with E-state index >= 15 is 0 Å². The number of benzene rings is 1. The van der Waals surface area contributed by atoms with Crippen LogP contribution in [0.4, 0.5) is 4.39 Å². The molecule has 1 heterocycles. The lowest BCUT2D eigenvalue weighted by Crippen LogP contribution is -2.05. The fraction of sp³-hybridized carbons (Fsp3) is 0.250. The molecule has 2 aromatic rings. The van der Waals surface area contributed by atoms with E-state index in [2.05, 4.69) is 4.98 Å². The molecule has 0 bridgehead atoms. The van der Waals surface area contributed by atoms with Crippen molar-refractivity contribution >= 4 is 10.9 Å². The summed E-state index contributed by atoms with van der Waals surface area (Å²) in [6, 6.07) is 6.17. The fourth-order valence-electron chi connectivity index (χ4n) is 1.87. The number of H-pyrrole nitrogens is 1. The molecule has 2 nitrogen and oxygen atoms in total. The Morgan fingerprint density at radius 3 is 2.87 bits per heavy atom. The number of nitrogens with one attached hydrogen (secondary N) is 1. The Labute approximate surface area is 85.7 Å². The Hall–Kier alpha value is -1.64. The third-order valence-corrected chi connectivity index (χ3v) is 2.85. The van der Waals surface area contributed by atoms with Gasteiger partial charge in [0.25, 0.3) is 0 Å². The van der Waals surface area contributed by atoms with Crippen molar-refractivity contribution in [1.29, 1.82) is 0 Å². The van der Waals surface area contributed by atoms with Crippen molar-refractivity contribution < 1.29 is 4.39 Å². The SMILES string of the molecule is O=c1cc(C2CC2)[nH]c2c(F)cccc12. The highest BCUT2D eigenvalue weighted by Gasteiger charge is 2.25. The predicted molar refractivity (Wildman–Crippen MR) is 56.5 cm³/mol. The van der Waals surface area contributed by atoms with Gasteiger partial charge in [0, 0.05) is 17.1 Å². The number of aromatic nitrogens is 1. The van der Waals surface area contributed by atoms with Crippen LogP contribution in [0.25, 0.3) is 10.9 Å². The molecular weight excluding hydrogens is 193 g/mol. The molecule has 3 heteroatoms.